The zero-order chi connectivity index (χ0) is 20.0. The molecule has 0 saturated carbocycles. The second-order valence-corrected chi connectivity index (χ2v) is 8.37. The first-order valence-electron chi connectivity index (χ1n) is 9.27. The van der Waals surface area contributed by atoms with E-state index in [0.29, 0.717) is 18.8 Å². The van der Waals surface area contributed by atoms with Crippen molar-refractivity contribution in [3.63, 3.8) is 0 Å². The van der Waals surface area contributed by atoms with Gasteiger partial charge >= 0.3 is 0 Å². The van der Waals surface area contributed by atoms with Gasteiger partial charge in [-0.3, -0.25) is 4.90 Å². The highest BCUT2D eigenvalue weighted by Gasteiger charge is 2.18. The third kappa shape index (κ3) is 5.15. The molecule has 0 spiro atoms. The van der Waals surface area contributed by atoms with Crippen LogP contribution in [-0.4, -0.2) is 66.8 Å². The molecule has 152 valence electrons. The Bertz CT molecular complexity index is 846. The predicted molar refractivity (Wildman–Crippen MR) is 110 cm³/mol. The van der Waals surface area contributed by atoms with Gasteiger partial charge in [0, 0.05) is 45.0 Å². The molecule has 2 aromatic rings. The molecule has 0 aliphatic carbocycles. The zero-order valence-corrected chi connectivity index (χ0v) is 17.1. The molecule has 1 saturated heterocycles. The quantitative estimate of drug-likeness (QED) is 0.722. The van der Waals surface area contributed by atoms with E-state index >= 15 is 0 Å². The Balaban J connectivity index is 1.44. The number of ether oxygens (including phenoxy) is 2. The lowest BCUT2D eigenvalue weighted by molar-refractivity contribution is 0.262. The fraction of sp³-hybridized carbons (Fsp3) is 0.400. The maximum atomic E-state index is 12.4. The summed E-state index contributed by atoms with van der Waals surface area (Å²) >= 11 is 0. The number of benzene rings is 2. The molecule has 0 unspecified atom stereocenters. The summed E-state index contributed by atoms with van der Waals surface area (Å²) in [5.74, 6) is 1.49. The Morgan fingerprint density at radius 1 is 0.857 bits per heavy atom. The molecule has 7 nitrogen and oxygen atoms in total. The normalized spacial score (nSPS) is 15.4. The first-order valence-corrected chi connectivity index (χ1v) is 10.8. The number of sulfonamides is 1. The standard InChI is InChI=1S/C20H27N3O4S/c1-26-18-5-3-17(4-6-18)23-15-13-22(14-16-23)12-11-21-28(24,25)20-9-7-19(27-2)8-10-20/h3-10,21H,11-16H2,1-2H3. The predicted octanol–water partition coefficient (Wildman–Crippen LogP) is 1.80. The SMILES string of the molecule is COc1ccc(N2CCN(CCNS(=O)(=O)c3ccc(OC)cc3)CC2)cc1. The molecule has 1 N–H and O–H groups in total. The van der Waals surface area contributed by atoms with E-state index < -0.39 is 10.0 Å². The highest BCUT2D eigenvalue weighted by molar-refractivity contribution is 7.89. The van der Waals surface area contributed by atoms with E-state index in [2.05, 4.69) is 26.7 Å². The number of nitrogens with one attached hydrogen (secondary N) is 1. The van der Waals surface area contributed by atoms with Crippen LogP contribution in [0.5, 0.6) is 11.5 Å². The monoisotopic (exact) mass is 405 g/mol. The van der Waals surface area contributed by atoms with Gasteiger partial charge in [0.05, 0.1) is 19.1 Å². The van der Waals surface area contributed by atoms with Crippen molar-refractivity contribution in [3.8, 4) is 11.5 Å². The third-order valence-electron chi connectivity index (χ3n) is 4.90. The Morgan fingerprint density at radius 2 is 1.39 bits per heavy atom. The lowest BCUT2D eigenvalue weighted by Crippen LogP contribution is -2.48. The van der Waals surface area contributed by atoms with Gasteiger partial charge in [-0.15, -0.1) is 0 Å². The van der Waals surface area contributed by atoms with Gasteiger partial charge in [-0.2, -0.15) is 0 Å². The second kappa shape index (κ2) is 9.27. The van der Waals surface area contributed by atoms with Crippen LogP contribution >= 0.6 is 0 Å². The molecule has 2 aromatic carbocycles. The lowest BCUT2D eigenvalue weighted by Gasteiger charge is -2.36. The van der Waals surface area contributed by atoms with E-state index in [1.807, 2.05) is 12.1 Å². The Morgan fingerprint density at radius 3 is 1.93 bits per heavy atom. The molecule has 0 atom stereocenters. The van der Waals surface area contributed by atoms with Crippen LogP contribution in [-0.2, 0) is 10.0 Å². The average Bonchev–Trinajstić information content (AvgIpc) is 2.74. The molecule has 3 rings (SSSR count). The maximum absolute atomic E-state index is 12.4. The maximum Gasteiger partial charge on any atom is 0.240 e. The first kappa shape index (κ1) is 20.4. The van der Waals surface area contributed by atoms with Crippen molar-refractivity contribution < 1.29 is 17.9 Å². The zero-order valence-electron chi connectivity index (χ0n) is 16.3. The summed E-state index contributed by atoms with van der Waals surface area (Å²) in [6.07, 6.45) is 0. The van der Waals surface area contributed by atoms with Crippen molar-refractivity contribution >= 4 is 15.7 Å². The van der Waals surface area contributed by atoms with Crippen LogP contribution in [0.1, 0.15) is 0 Å². The molecule has 0 aromatic heterocycles. The lowest BCUT2D eigenvalue weighted by atomic mass is 10.2. The summed E-state index contributed by atoms with van der Waals surface area (Å²) in [4.78, 5) is 4.85. The van der Waals surface area contributed by atoms with Gasteiger partial charge in [0.15, 0.2) is 0 Å². The van der Waals surface area contributed by atoms with Crippen molar-refractivity contribution in [1.29, 1.82) is 0 Å². The van der Waals surface area contributed by atoms with Crippen molar-refractivity contribution in [2.24, 2.45) is 0 Å². The molecule has 1 aliphatic rings. The van der Waals surface area contributed by atoms with Gasteiger partial charge in [-0.1, -0.05) is 0 Å². The Kier molecular flexibility index (Phi) is 6.77. The number of nitrogens with zero attached hydrogens (tertiary/aromatic N) is 2. The fourth-order valence-electron chi connectivity index (χ4n) is 3.20. The van der Waals surface area contributed by atoms with Gasteiger partial charge in [0.1, 0.15) is 11.5 Å². The largest absolute Gasteiger partial charge is 0.497 e. The first-order chi connectivity index (χ1) is 13.5. The number of methoxy groups -OCH3 is 2. The number of piperazine rings is 1. The summed E-state index contributed by atoms with van der Waals surface area (Å²) in [6.45, 7) is 4.70. The minimum Gasteiger partial charge on any atom is -0.497 e. The summed E-state index contributed by atoms with van der Waals surface area (Å²) < 4.78 is 37.7. The molecule has 8 heteroatoms. The summed E-state index contributed by atoms with van der Waals surface area (Å²) in [6, 6.07) is 14.5. The van der Waals surface area contributed by atoms with Crippen LogP contribution in [0.25, 0.3) is 0 Å². The minimum absolute atomic E-state index is 0.248. The van der Waals surface area contributed by atoms with Crippen molar-refractivity contribution in [1.82, 2.24) is 9.62 Å². The highest BCUT2D eigenvalue weighted by Crippen LogP contribution is 2.20. The van der Waals surface area contributed by atoms with Gasteiger partial charge in [0.2, 0.25) is 10.0 Å². The van der Waals surface area contributed by atoms with E-state index in [1.54, 1.807) is 38.5 Å². The fourth-order valence-corrected chi connectivity index (χ4v) is 4.22. The topological polar surface area (TPSA) is 71.1 Å². The van der Waals surface area contributed by atoms with E-state index in [9.17, 15) is 8.42 Å². The molecular formula is C20H27N3O4S. The van der Waals surface area contributed by atoms with Gasteiger partial charge in [-0.25, -0.2) is 13.1 Å². The van der Waals surface area contributed by atoms with E-state index in [4.69, 9.17) is 9.47 Å². The number of hydrogen-bond acceptors (Lipinski definition) is 6. The molecule has 28 heavy (non-hydrogen) atoms. The Hall–Kier alpha value is -2.29. The second-order valence-electron chi connectivity index (χ2n) is 6.60. The molecule has 0 amide bonds. The van der Waals surface area contributed by atoms with Crippen molar-refractivity contribution in [3.05, 3.63) is 48.5 Å². The molecule has 1 aliphatic heterocycles. The smallest absolute Gasteiger partial charge is 0.240 e. The van der Waals surface area contributed by atoms with Crippen molar-refractivity contribution in [2.75, 3.05) is 58.4 Å². The Labute approximate surface area is 166 Å². The number of anilines is 1. The van der Waals surface area contributed by atoms with Crippen LogP contribution in [0.15, 0.2) is 53.4 Å². The molecule has 0 bridgehead atoms. The van der Waals surface area contributed by atoms with Crippen LogP contribution in [0.4, 0.5) is 5.69 Å². The highest BCUT2D eigenvalue weighted by atomic mass is 32.2. The van der Waals surface area contributed by atoms with Crippen LogP contribution < -0.4 is 19.1 Å². The third-order valence-corrected chi connectivity index (χ3v) is 6.38. The number of rotatable bonds is 8. The van der Waals surface area contributed by atoms with E-state index in [-0.39, 0.29) is 4.90 Å². The minimum atomic E-state index is -3.50. The molecule has 0 radical (unpaired) electrons. The van der Waals surface area contributed by atoms with Gasteiger partial charge in [0.25, 0.3) is 0 Å². The summed E-state index contributed by atoms with van der Waals surface area (Å²) in [5, 5.41) is 0. The van der Waals surface area contributed by atoms with Gasteiger partial charge < -0.3 is 14.4 Å². The average molecular weight is 406 g/mol. The van der Waals surface area contributed by atoms with Gasteiger partial charge in [-0.05, 0) is 48.5 Å². The number of hydrogen-bond donors (Lipinski definition) is 1. The van der Waals surface area contributed by atoms with Crippen LogP contribution in [0.3, 0.4) is 0 Å². The molecular weight excluding hydrogens is 378 g/mol. The summed E-state index contributed by atoms with van der Waals surface area (Å²) in [7, 11) is -0.286. The molecule has 1 heterocycles. The molecule has 1 fully saturated rings. The summed E-state index contributed by atoms with van der Waals surface area (Å²) in [5.41, 5.74) is 1.18. The van der Waals surface area contributed by atoms with Crippen LogP contribution in [0, 0.1) is 0 Å². The van der Waals surface area contributed by atoms with Crippen molar-refractivity contribution in [2.45, 2.75) is 4.90 Å². The van der Waals surface area contributed by atoms with Crippen LogP contribution in [0.2, 0.25) is 0 Å². The van der Waals surface area contributed by atoms with E-state index in [0.717, 1.165) is 31.9 Å². The van der Waals surface area contributed by atoms with E-state index in [1.165, 1.54) is 5.69 Å².